The molecule has 0 radical (unpaired) electrons. The van der Waals surface area contributed by atoms with E-state index in [-0.39, 0.29) is 5.91 Å². The predicted octanol–water partition coefficient (Wildman–Crippen LogP) is 4.03. The Morgan fingerprint density at radius 3 is 2.59 bits per heavy atom. The van der Waals surface area contributed by atoms with E-state index < -0.39 is 0 Å². The second kappa shape index (κ2) is 9.60. The highest BCUT2D eigenvalue weighted by molar-refractivity contribution is 7.99. The monoisotopic (exact) mass is 410 g/mol. The van der Waals surface area contributed by atoms with Gasteiger partial charge in [-0.3, -0.25) is 4.79 Å². The maximum absolute atomic E-state index is 12.7. The summed E-state index contributed by atoms with van der Waals surface area (Å²) < 4.78 is 7.43. The lowest BCUT2D eigenvalue weighted by molar-refractivity contribution is -0.127. The van der Waals surface area contributed by atoms with Crippen LogP contribution in [0.3, 0.4) is 0 Å². The predicted molar refractivity (Wildman–Crippen MR) is 116 cm³/mol. The average molecular weight is 411 g/mol. The first-order chi connectivity index (χ1) is 14.0. The van der Waals surface area contributed by atoms with Gasteiger partial charge in [-0.25, -0.2) is 0 Å². The fourth-order valence-corrected chi connectivity index (χ4v) is 4.06. The van der Waals surface area contributed by atoms with Crippen LogP contribution in [0.15, 0.2) is 53.7 Å². The van der Waals surface area contributed by atoms with E-state index in [1.807, 2.05) is 42.5 Å². The number of carbonyl (C=O) groups is 1. The molecule has 7 heteroatoms. The lowest BCUT2D eigenvalue weighted by Gasteiger charge is -2.18. The quantitative estimate of drug-likeness (QED) is 0.525. The highest BCUT2D eigenvalue weighted by Gasteiger charge is 2.17. The minimum absolute atomic E-state index is 0.0315. The molecular formula is C22H26N4O2S. The zero-order valence-electron chi connectivity index (χ0n) is 17.3. The van der Waals surface area contributed by atoms with E-state index >= 15 is 0 Å². The number of aryl methyl sites for hydroxylation is 1. The van der Waals surface area contributed by atoms with E-state index in [0.717, 1.165) is 40.0 Å². The molecule has 1 heterocycles. The zero-order valence-corrected chi connectivity index (χ0v) is 18.1. The molecule has 6 nitrogen and oxygen atoms in total. The SMILES string of the molecule is CCn1c(SCC(=O)N(C)Cc2ccccc2OC)nnc1-c1ccccc1C. The van der Waals surface area contributed by atoms with Gasteiger partial charge in [0.05, 0.1) is 12.9 Å². The van der Waals surface area contributed by atoms with Crippen molar-refractivity contribution in [2.45, 2.75) is 32.1 Å². The number of para-hydroxylation sites is 1. The van der Waals surface area contributed by atoms with Crippen LogP contribution in [0.2, 0.25) is 0 Å². The third-order valence-corrected chi connectivity index (χ3v) is 5.72. The summed E-state index contributed by atoms with van der Waals surface area (Å²) >= 11 is 1.42. The number of aromatic nitrogens is 3. The molecular weight excluding hydrogens is 384 g/mol. The van der Waals surface area contributed by atoms with Gasteiger partial charge < -0.3 is 14.2 Å². The number of hydrogen-bond donors (Lipinski definition) is 0. The van der Waals surface area contributed by atoms with Gasteiger partial charge in [0.1, 0.15) is 5.75 Å². The minimum Gasteiger partial charge on any atom is -0.496 e. The van der Waals surface area contributed by atoms with Crippen molar-refractivity contribution >= 4 is 17.7 Å². The summed E-state index contributed by atoms with van der Waals surface area (Å²) in [6.45, 7) is 5.36. The molecule has 3 aromatic rings. The van der Waals surface area contributed by atoms with E-state index in [1.165, 1.54) is 11.8 Å². The Morgan fingerprint density at radius 2 is 1.86 bits per heavy atom. The van der Waals surface area contributed by atoms with Crippen molar-refractivity contribution in [3.05, 3.63) is 59.7 Å². The summed E-state index contributed by atoms with van der Waals surface area (Å²) in [5.74, 6) is 1.96. The Morgan fingerprint density at radius 1 is 1.14 bits per heavy atom. The summed E-state index contributed by atoms with van der Waals surface area (Å²) in [6, 6.07) is 15.9. The van der Waals surface area contributed by atoms with Crippen LogP contribution in [0.25, 0.3) is 11.4 Å². The number of amides is 1. The molecule has 0 bridgehead atoms. The maximum Gasteiger partial charge on any atom is 0.233 e. The smallest absolute Gasteiger partial charge is 0.233 e. The Hall–Kier alpha value is -2.80. The Balaban J connectivity index is 1.68. The van der Waals surface area contributed by atoms with Crippen LogP contribution in [-0.2, 0) is 17.9 Å². The van der Waals surface area contributed by atoms with Gasteiger partial charge >= 0.3 is 0 Å². The van der Waals surface area contributed by atoms with E-state index in [9.17, 15) is 4.79 Å². The molecule has 1 amide bonds. The van der Waals surface area contributed by atoms with Crippen LogP contribution < -0.4 is 4.74 Å². The first-order valence-corrected chi connectivity index (χ1v) is 10.5. The fourth-order valence-electron chi connectivity index (χ4n) is 3.12. The molecule has 2 aromatic carbocycles. The normalized spacial score (nSPS) is 10.8. The van der Waals surface area contributed by atoms with E-state index in [2.05, 4.69) is 34.7 Å². The topological polar surface area (TPSA) is 60.2 Å². The van der Waals surface area contributed by atoms with Crippen molar-refractivity contribution < 1.29 is 9.53 Å². The molecule has 0 unspecified atom stereocenters. The summed E-state index contributed by atoms with van der Waals surface area (Å²) in [5.41, 5.74) is 3.20. The number of benzene rings is 2. The molecule has 0 saturated heterocycles. The fraction of sp³-hybridized carbons (Fsp3) is 0.318. The number of nitrogens with zero attached hydrogens (tertiary/aromatic N) is 4. The van der Waals surface area contributed by atoms with Gasteiger partial charge in [0, 0.05) is 31.3 Å². The highest BCUT2D eigenvalue weighted by Crippen LogP contribution is 2.26. The van der Waals surface area contributed by atoms with Gasteiger partial charge in [-0.2, -0.15) is 0 Å². The third kappa shape index (κ3) is 4.79. The highest BCUT2D eigenvalue weighted by atomic mass is 32.2. The van der Waals surface area contributed by atoms with Crippen molar-refractivity contribution in [2.24, 2.45) is 0 Å². The van der Waals surface area contributed by atoms with Gasteiger partial charge in [0.15, 0.2) is 11.0 Å². The molecule has 0 aliphatic rings. The van der Waals surface area contributed by atoms with Crippen LogP contribution in [0.4, 0.5) is 0 Å². The molecule has 0 aliphatic heterocycles. The van der Waals surface area contributed by atoms with Gasteiger partial charge in [-0.1, -0.05) is 54.2 Å². The van der Waals surface area contributed by atoms with Gasteiger partial charge in [0.2, 0.25) is 5.91 Å². The van der Waals surface area contributed by atoms with Crippen LogP contribution in [0.5, 0.6) is 5.75 Å². The Bertz CT molecular complexity index is 986. The van der Waals surface area contributed by atoms with Gasteiger partial charge in [-0.15, -0.1) is 10.2 Å². The molecule has 0 saturated carbocycles. The number of thioether (sulfide) groups is 1. The number of methoxy groups -OCH3 is 1. The second-order valence-electron chi connectivity index (χ2n) is 6.72. The lowest BCUT2D eigenvalue weighted by Crippen LogP contribution is -2.28. The number of carbonyl (C=O) groups excluding carboxylic acids is 1. The van der Waals surface area contributed by atoms with Crippen molar-refractivity contribution in [3.8, 4) is 17.1 Å². The van der Waals surface area contributed by atoms with E-state index in [4.69, 9.17) is 4.74 Å². The van der Waals surface area contributed by atoms with Crippen LogP contribution >= 0.6 is 11.8 Å². The van der Waals surface area contributed by atoms with E-state index in [0.29, 0.717) is 12.3 Å². The number of ether oxygens (including phenoxy) is 1. The van der Waals surface area contributed by atoms with E-state index in [1.54, 1.807) is 19.1 Å². The van der Waals surface area contributed by atoms with Gasteiger partial charge in [0.25, 0.3) is 0 Å². The average Bonchev–Trinajstić information content (AvgIpc) is 3.15. The van der Waals surface area contributed by atoms with Crippen molar-refractivity contribution in [2.75, 3.05) is 19.9 Å². The van der Waals surface area contributed by atoms with Crippen LogP contribution in [0.1, 0.15) is 18.1 Å². The Labute approximate surface area is 175 Å². The van der Waals surface area contributed by atoms with Crippen LogP contribution in [-0.4, -0.2) is 45.5 Å². The molecule has 29 heavy (non-hydrogen) atoms. The minimum atomic E-state index is 0.0315. The van der Waals surface area contributed by atoms with Crippen molar-refractivity contribution in [1.29, 1.82) is 0 Å². The third-order valence-electron chi connectivity index (χ3n) is 4.77. The van der Waals surface area contributed by atoms with Crippen molar-refractivity contribution in [3.63, 3.8) is 0 Å². The summed E-state index contributed by atoms with van der Waals surface area (Å²) in [4.78, 5) is 14.4. The Kier molecular flexibility index (Phi) is 6.93. The standard InChI is InChI=1S/C22H26N4O2S/c1-5-26-21(18-12-8-6-10-16(18)2)23-24-22(26)29-15-20(27)25(3)14-17-11-7-9-13-19(17)28-4/h6-13H,5,14-15H2,1-4H3. The van der Waals surface area contributed by atoms with Crippen molar-refractivity contribution in [1.82, 2.24) is 19.7 Å². The van der Waals surface area contributed by atoms with Gasteiger partial charge in [-0.05, 0) is 25.5 Å². The molecule has 0 fully saturated rings. The van der Waals surface area contributed by atoms with Crippen LogP contribution in [0, 0.1) is 6.92 Å². The second-order valence-corrected chi connectivity index (χ2v) is 7.66. The lowest BCUT2D eigenvalue weighted by atomic mass is 10.1. The maximum atomic E-state index is 12.7. The molecule has 3 rings (SSSR count). The number of rotatable bonds is 8. The molecule has 0 atom stereocenters. The molecule has 1 aromatic heterocycles. The molecule has 0 N–H and O–H groups in total. The molecule has 0 spiro atoms. The largest absolute Gasteiger partial charge is 0.496 e. The first-order valence-electron chi connectivity index (χ1n) is 9.53. The first kappa shape index (κ1) is 20.9. The molecule has 152 valence electrons. The molecule has 0 aliphatic carbocycles. The number of hydrogen-bond acceptors (Lipinski definition) is 5. The summed E-state index contributed by atoms with van der Waals surface area (Å²) in [7, 11) is 3.44. The summed E-state index contributed by atoms with van der Waals surface area (Å²) in [6.07, 6.45) is 0. The zero-order chi connectivity index (χ0) is 20.8. The summed E-state index contributed by atoms with van der Waals surface area (Å²) in [5, 5.41) is 9.47.